The van der Waals surface area contributed by atoms with Gasteiger partial charge in [-0.1, -0.05) is 0 Å². The second-order valence-corrected chi connectivity index (χ2v) is 3.11. The van der Waals surface area contributed by atoms with E-state index in [1.165, 1.54) is 0 Å². The van der Waals surface area contributed by atoms with Gasteiger partial charge in [-0.15, -0.1) is 0 Å². The summed E-state index contributed by atoms with van der Waals surface area (Å²) in [5.41, 5.74) is 3.03. The molecule has 8 nitrogen and oxygen atoms in total. The summed E-state index contributed by atoms with van der Waals surface area (Å²) in [6.45, 7) is 0. The normalized spacial score (nSPS) is 13.2. The van der Waals surface area contributed by atoms with Crippen LogP contribution >= 0.6 is 0 Å². The Morgan fingerprint density at radius 2 is 1.40 bits per heavy atom. The van der Waals surface area contributed by atoms with E-state index in [9.17, 15) is 14.4 Å². The van der Waals surface area contributed by atoms with Crippen molar-refractivity contribution in [3.8, 4) is 0 Å². The van der Waals surface area contributed by atoms with Gasteiger partial charge in [0, 0.05) is 0 Å². The molecule has 0 fully saturated rings. The Hall–Kier alpha value is -1.67. The third-order valence-electron chi connectivity index (χ3n) is 1.74. The maximum Gasteiger partial charge on any atom is 0.334 e. The highest BCUT2D eigenvalue weighted by Gasteiger charge is 2.42. The van der Waals surface area contributed by atoms with Gasteiger partial charge in [-0.25, -0.2) is 4.79 Å². The number of aliphatic carboxylic acids is 3. The number of rotatable bonds is 6. The summed E-state index contributed by atoms with van der Waals surface area (Å²) in [5, 5.41) is 34.4. The molecule has 0 heterocycles. The minimum absolute atomic E-state index is 0.952. The van der Waals surface area contributed by atoms with Crippen molar-refractivity contribution in [3.63, 3.8) is 0 Å². The standard InChI is InChI=1S/C7H11NO7/c8-7(1-3(9)10,2-4(11)12)5(13)6(14)15/h5,13H,1-2,8H2,(H,9,10)(H,11,12)(H,14,15). The Morgan fingerprint density at radius 1 is 1.07 bits per heavy atom. The molecule has 0 aliphatic heterocycles. The first-order valence-electron chi connectivity index (χ1n) is 3.82. The first-order chi connectivity index (χ1) is 6.69. The van der Waals surface area contributed by atoms with Gasteiger partial charge < -0.3 is 26.2 Å². The number of carboxylic acid groups (broad SMARTS) is 3. The van der Waals surface area contributed by atoms with Crippen molar-refractivity contribution in [2.75, 3.05) is 0 Å². The molecule has 0 saturated carbocycles. The number of carboxylic acids is 3. The summed E-state index contributed by atoms with van der Waals surface area (Å²) in [5.74, 6) is -4.74. The quantitative estimate of drug-likeness (QED) is 0.347. The van der Waals surface area contributed by atoms with Crippen LogP contribution in [-0.2, 0) is 14.4 Å². The molecular weight excluding hydrogens is 210 g/mol. The molecule has 0 aliphatic carbocycles. The molecule has 1 unspecified atom stereocenters. The molecule has 6 N–H and O–H groups in total. The number of hydrogen-bond acceptors (Lipinski definition) is 5. The Bertz CT molecular complexity index is 271. The highest BCUT2D eigenvalue weighted by molar-refractivity contribution is 5.80. The molecule has 8 heteroatoms. The number of carbonyl (C=O) groups is 3. The molecule has 0 aromatic heterocycles. The third-order valence-corrected chi connectivity index (χ3v) is 1.74. The molecule has 1 atom stereocenters. The summed E-state index contributed by atoms with van der Waals surface area (Å²) in [4.78, 5) is 31.1. The molecule has 0 aliphatic rings. The van der Waals surface area contributed by atoms with Crippen molar-refractivity contribution in [1.82, 2.24) is 0 Å². The van der Waals surface area contributed by atoms with E-state index in [2.05, 4.69) is 0 Å². The van der Waals surface area contributed by atoms with Crippen LogP contribution in [0.15, 0.2) is 0 Å². The zero-order valence-corrected chi connectivity index (χ0v) is 7.58. The summed E-state index contributed by atoms with van der Waals surface area (Å²) >= 11 is 0. The van der Waals surface area contributed by atoms with Crippen molar-refractivity contribution in [2.24, 2.45) is 5.73 Å². The van der Waals surface area contributed by atoms with E-state index < -0.39 is 42.4 Å². The van der Waals surface area contributed by atoms with Crippen LogP contribution in [-0.4, -0.2) is 50.0 Å². The lowest BCUT2D eigenvalue weighted by atomic mass is 9.86. The van der Waals surface area contributed by atoms with Crippen molar-refractivity contribution >= 4 is 17.9 Å². The maximum absolute atomic E-state index is 10.4. The second-order valence-electron chi connectivity index (χ2n) is 3.11. The first-order valence-corrected chi connectivity index (χ1v) is 3.82. The van der Waals surface area contributed by atoms with Crippen LogP contribution in [0.25, 0.3) is 0 Å². The van der Waals surface area contributed by atoms with Crippen LogP contribution in [0.3, 0.4) is 0 Å². The molecule has 0 rings (SSSR count). The molecule has 0 radical (unpaired) electrons. The monoisotopic (exact) mass is 221 g/mol. The average molecular weight is 221 g/mol. The minimum Gasteiger partial charge on any atom is -0.481 e. The second kappa shape index (κ2) is 4.71. The molecule has 0 bridgehead atoms. The molecule has 86 valence electrons. The van der Waals surface area contributed by atoms with Gasteiger partial charge in [-0.05, 0) is 0 Å². The van der Waals surface area contributed by atoms with E-state index in [0.29, 0.717) is 0 Å². The van der Waals surface area contributed by atoms with Crippen LogP contribution in [0.1, 0.15) is 12.8 Å². The molecular formula is C7H11NO7. The van der Waals surface area contributed by atoms with Gasteiger partial charge in [-0.2, -0.15) is 0 Å². The lowest BCUT2D eigenvalue weighted by Gasteiger charge is -2.28. The Labute approximate surface area is 83.9 Å². The van der Waals surface area contributed by atoms with Crippen LogP contribution in [0, 0.1) is 0 Å². The third kappa shape index (κ3) is 3.92. The summed E-state index contributed by atoms with van der Waals surface area (Å²) in [7, 11) is 0. The lowest BCUT2D eigenvalue weighted by molar-refractivity contribution is -0.154. The summed E-state index contributed by atoms with van der Waals surface area (Å²) in [6, 6.07) is 0. The van der Waals surface area contributed by atoms with E-state index in [1.807, 2.05) is 0 Å². The van der Waals surface area contributed by atoms with Crippen molar-refractivity contribution in [2.45, 2.75) is 24.5 Å². The minimum atomic E-state index is -2.25. The van der Waals surface area contributed by atoms with Gasteiger partial charge in [0.15, 0.2) is 6.10 Å². The van der Waals surface area contributed by atoms with Gasteiger partial charge in [0.25, 0.3) is 0 Å². The molecule has 0 aromatic rings. The number of aliphatic hydroxyl groups is 1. The van der Waals surface area contributed by atoms with Gasteiger partial charge in [0.2, 0.25) is 0 Å². The van der Waals surface area contributed by atoms with Gasteiger partial charge in [0.05, 0.1) is 18.4 Å². The largest absolute Gasteiger partial charge is 0.481 e. The highest BCUT2D eigenvalue weighted by Crippen LogP contribution is 2.18. The fraction of sp³-hybridized carbons (Fsp3) is 0.571. The van der Waals surface area contributed by atoms with Crippen LogP contribution in [0.2, 0.25) is 0 Å². The predicted octanol–water partition coefficient (Wildman–Crippen LogP) is -1.92. The molecule has 0 amide bonds. The molecule has 0 saturated heterocycles. The SMILES string of the molecule is NC(CC(=O)O)(CC(=O)O)C(O)C(=O)O. The number of hydrogen-bond donors (Lipinski definition) is 5. The number of aliphatic hydroxyl groups excluding tert-OH is 1. The first kappa shape index (κ1) is 13.3. The Kier molecular flexibility index (Phi) is 4.19. The van der Waals surface area contributed by atoms with Gasteiger partial charge >= 0.3 is 17.9 Å². The van der Waals surface area contributed by atoms with E-state index in [-0.39, 0.29) is 0 Å². The van der Waals surface area contributed by atoms with E-state index in [1.54, 1.807) is 0 Å². The fourth-order valence-corrected chi connectivity index (χ4v) is 1.06. The summed E-state index contributed by atoms with van der Waals surface area (Å²) in [6.07, 6.45) is -4.15. The zero-order valence-electron chi connectivity index (χ0n) is 7.58. The van der Waals surface area contributed by atoms with Crippen molar-refractivity contribution in [1.29, 1.82) is 0 Å². The smallest absolute Gasteiger partial charge is 0.334 e. The van der Waals surface area contributed by atoms with Crippen molar-refractivity contribution < 1.29 is 34.8 Å². The fourth-order valence-electron chi connectivity index (χ4n) is 1.06. The summed E-state index contributed by atoms with van der Waals surface area (Å²) < 4.78 is 0. The highest BCUT2D eigenvalue weighted by atomic mass is 16.4. The van der Waals surface area contributed by atoms with Crippen LogP contribution < -0.4 is 5.73 Å². The van der Waals surface area contributed by atoms with Crippen LogP contribution in [0.5, 0.6) is 0 Å². The number of nitrogens with two attached hydrogens (primary N) is 1. The van der Waals surface area contributed by atoms with E-state index >= 15 is 0 Å². The van der Waals surface area contributed by atoms with Gasteiger partial charge in [-0.3, -0.25) is 9.59 Å². The zero-order chi connectivity index (χ0) is 12.2. The average Bonchev–Trinajstić information content (AvgIpc) is 1.99. The van der Waals surface area contributed by atoms with E-state index in [0.717, 1.165) is 0 Å². The molecule has 0 aromatic carbocycles. The van der Waals surface area contributed by atoms with E-state index in [4.69, 9.17) is 26.2 Å². The van der Waals surface area contributed by atoms with Crippen molar-refractivity contribution in [3.05, 3.63) is 0 Å². The molecule has 15 heavy (non-hydrogen) atoms. The van der Waals surface area contributed by atoms with Crippen LogP contribution in [0.4, 0.5) is 0 Å². The lowest BCUT2D eigenvalue weighted by Crippen LogP contribution is -2.56. The topological polar surface area (TPSA) is 158 Å². The Morgan fingerprint density at radius 3 is 1.60 bits per heavy atom. The Balaban J connectivity index is 4.91. The van der Waals surface area contributed by atoms with Gasteiger partial charge in [0.1, 0.15) is 0 Å². The predicted molar refractivity (Wildman–Crippen MR) is 45.1 cm³/mol. The maximum atomic E-state index is 10.4. The molecule has 0 spiro atoms.